The van der Waals surface area contributed by atoms with Crippen molar-refractivity contribution in [2.75, 3.05) is 0 Å². The number of rotatable bonds is 5. The van der Waals surface area contributed by atoms with Gasteiger partial charge in [-0.2, -0.15) is 10.2 Å². The lowest BCUT2D eigenvalue weighted by molar-refractivity contribution is 0.565. The first-order chi connectivity index (χ1) is 12.7. The Morgan fingerprint density at radius 1 is 0.692 bits per heavy atom. The Labute approximate surface area is 150 Å². The van der Waals surface area contributed by atoms with E-state index in [0.29, 0.717) is 11.6 Å². The van der Waals surface area contributed by atoms with E-state index in [1.165, 1.54) is 0 Å². The summed E-state index contributed by atoms with van der Waals surface area (Å²) in [4.78, 5) is 17.7. The molecule has 0 spiro atoms. The SMILES string of the molecule is CC(c1nc(-c2ccccn2)n[nH]1)C(C)c1nc(-c2ccccn2)n[nH]1. The molecular formula is C18H18N8. The van der Waals surface area contributed by atoms with Crippen LogP contribution in [0.25, 0.3) is 23.0 Å². The zero-order chi connectivity index (χ0) is 17.9. The maximum absolute atomic E-state index is 4.59. The number of aromatic nitrogens is 8. The summed E-state index contributed by atoms with van der Waals surface area (Å²) in [5.41, 5.74) is 1.49. The van der Waals surface area contributed by atoms with Gasteiger partial charge < -0.3 is 0 Å². The van der Waals surface area contributed by atoms with E-state index in [4.69, 9.17) is 0 Å². The van der Waals surface area contributed by atoms with Gasteiger partial charge in [0.1, 0.15) is 23.0 Å². The summed E-state index contributed by atoms with van der Waals surface area (Å²) in [5, 5.41) is 14.6. The zero-order valence-corrected chi connectivity index (χ0v) is 14.5. The molecule has 0 amide bonds. The topological polar surface area (TPSA) is 109 Å². The minimum Gasteiger partial charge on any atom is -0.262 e. The Morgan fingerprint density at radius 2 is 1.15 bits per heavy atom. The van der Waals surface area contributed by atoms with Gasteiger partial charge in [0.2, 0.25) is 0 Å². The van der Waals surface area contributed by atoms with Gasteiger partial charge in [-0.05, 0) is 24.3 Å². The van der Waals surface area contributed by atoms with Gasteiger partial charge in [0.15, 0.2) is 11.6 Å². The van der Waals surface area contributed by atoms with Crippen LogP contribution < -0.4 is 0 Å². The number of hydrogen-bond donors (Lipinski definition) is 2. The maximum atomic E-state index is 4.59. The molecule has 8 nitrogen and oxygen atoms in total. The summed E-state index contributed by atoms with van der Waals surface area (Å²) >= 11 is 0. The fourth-order valence-electron chi connectivity index (χ4n) is 2.65. The first kappa shape index (κ1) is 16.1. The molecule has 4 rings (SSSR count). The number of pyridine rings is 2. The van der Waals surface area contributed by atoms with Crippen molar-refractivity contribution in [1.29, 1.82) is 0 Å². The Morgan fingerprint density at radius 3 is 1.54 bits per heavy atom. The average molecular weight is 346 g/mol. The van der Waals surface area contributed by atoms with Crippen molar-refractivity contribution in [1.82, 2.24) is 40.3 Å². The number of H-pyrrole nitrogens is 2. The standard InChI is InChI=1S/C18H18N8/c1-11(15-21-17(25-23-15)13-7-3-5-9-19-13)12(2)16-22-18(26-24-16)14-8-4-6-10-20-14/h3-12H,1-2H3,(H,21,23,25)(H,22,24,26). The third-order valence-corrected chi connectivity index (χ3v) is 4.41. The van der Waals surface area contributed by atoms with Crippen molar-refractivity contribution in [3.8, 4) is 23.0 Å². The minimum atomic E-state index is 0.0736. The second-order valence-electron chi connectivity index (χ2n) is 6.10. The first-order valence-corrected chi connectivity index (χ1v) is 8.40. The fourth-order valence-corrected chi connectivity index (χ4v) is 2.65. The van der Waals surface area contributed by atoms with Crippen molar-refractivity contribution in [3.63, 3.8) is 0 Å². The van der Waals surface area contributed by atoms with Crippen LogP contribution in [-0.2, 0) is 0 Å². The molecule has 0 aliphatic carbocycles. The molecule has 4 aromatic heterocycles. The third kappa shape index (κ3) is 3.08. The molecule has 0 aromatic carbocycles. The number of nitrogens with zero attached hydrogens (tertiary/aromatic N) is 6. The maximum Gasteiger partial charge on any atom is 0.199 e. The van der Waals surface area contributed by atoms with Crippen LogP contribution >= 0.6 is 0 Å². The zero-order valence-electron chi connectivity index (χ0n) is 14.5. The number of aromatic amines is 2. The van der Waals surface area contributed by atoms with Crippen LogP contribution in [-0.4, -0.2) is 40.3 Å². The molecule has 130 valence electrons. The molecule has 0 radical (unpaired) electrons. The number of nitrogens with one attached hydrogen (secondary N) is 2. The van der Waals surface area contributed by atoms with Crippen LogP contribution in [0.5, 0.6) is 0 Å². The highest BCUT2D eigenvalue weighted by molar-refractivity contribution is 5.48. The highest BCUT2D eigenvalue weighted by atomic mass is 15.2. The van der Waals surface area contributed by atoms with Crippen LogP contribution in [0.2, 0.25) is 0 Å². The summed E-state index contributed by atoms with van der Waals surface area (Å²) in [5.74, 6) is 2.90. The predicted octanol–water partition coefficient (Wildman–Crippen LogP) is 2.95. The summed E-state index contributed by atoms with van der Waals surface area (Å²) in [7, 11) is 0. The largest absolute Gasteiger partial charge is 0.262 e. The van der Waals surface area contributed by atoms with E-state index in [1.807, 2.05) is 36.4 Å². The van der Waals surface area contributed by atoms with Gasteiger partial charge in [0, 0.05) is 24.2 Å². The summed E-state index contributed by atoms with van der Waals surface area (Å²) in [6.45, 7) is 4.16. The van der Waals surface area contributed by atoms with E-state index in [0.717, 1.165) is 23.0 Å². The Bertz CT molecular complexity index is 895. The van der Waals surface area contributed by atoms with Crippen molar-refractivity contribution < 1.29 is 0 Å². The van der Waals surface area contributed by atoms with Gasteiger partial charge in [-0.1, -0.05) is 26.0 Å². The minimum absolute atomic E-state index is 0.0736. The van der Waals surface area contributed by atoms with E-state index in [2.05, 4.69) is 54.2 Å². The van der Waals surface area contributed by atoms with Gasteiger partial charge in [0.25, 0.3) is 0 Å². The van der Waals surface area contributed by atoms with Gasteiger partial charge in [0.05, 0.1) is 0 Å². The van der Waals surface area contributed by atoms with Gasteiger partial charge in [-0.25, -0.2) is 9.97 Å². The van der Waals surface area contributed by atoms with Crippen molar-refractivity contribution in [2.24, 2.45) is 0 Å². The molecule has 8 heteroatoms. The molecule has 2 N–H and O–H groups in total. The molecule has 26 heavy (non-hydrogen) atoms. The van der Waals surface area contributed by atoms with Crippen LogP contribution in [0.1, 0.15) is 37.3 Å². The smallest absolute Gasteiger partial charge is 0.199 e. The molecule has 4 heterocycles. The van der Waals surface area contributed by atoms with Gasteiger partial charge >= 0.3 is 0 Å². The Hall–Kier alpha value is -3.42. The molecule has 0 saturated heterocycles. The molecule has 4 aromatic rings. The molecular weight excluding hydrogens is 328 g/mol. The molecule has 0 aliphatic heterocycles. The van der Waals surface area contributed by atoms with Crippen molar-refractivity contribution >= 4 is 0 Å². The fraction of sp³-hybridized carbons (Fsp3) is 0.222. The van der Waals surface area contributed by atoms with Crippen molar-refractivity contribution in [3.05, 3.63) is 60.4 Å². The van der Waals surface area contributed by atoms with Crippen LogP contribution in [0.4, 0.5) is 0 Å². The van der Waals surface area contributed by atoms with E-state index in [9.17, 15) is 0 Å². The second-order valence-corrected chi connectivity index (χ2v) is 6.10. The summed E-state index contributed by atoms with van der Waals surface area (Å²) in [6.07, 6.45) is 3.45. The van der Waals surface area contributed by atoms with Crippen LogP contribution in [0.3, 0.4) is 0 Å². The lowest BCUT2D eigenvalue weighted by Crippen LogP contribution is -2.08. The molecule has 0 aliphatic rings. The molecule has 0 bridgehead atoms. The second kappa shape index (κ2) is 6.83. The Kier molecular flexibility index (Phi) is 4.22. The van der Waals surface area contributed by atoms with Gasteiger partial charge in [-0.3, -0.25) is 20.2 Å². The predicted molar refractivity (Wildman–Crippen MR) is 96.1 cm³/mol. The molecule has 0 fully saturated rings. The van der Waals surface area contributed by atoms with E-state index in [-0.39, 0.29) is 11.8 Å². The van der Waals surface area contributed by atoms with Crippen LogP contribution in [0, 0.1) is 0 Å². The average Bonchev–Trinajstić information content (AvgIpc) is 3.38. The van der Waals surface area contributed by atoms with E-state index >= 15 is 0 Å². The van der Waals surface area contributed by atoms with E-state index in [1.54, 1.807) is 12.4 Å². The Balaban J connectivity index is 1.54. The number of hydrogen-bond acceptors (Lipinski definition) is 6. The first-order valence-electron chi connectivity index (χ1n) is 8.40. The highest BCUT2D eigenvalue weighted by Gasteiger charge is 2.23. The normalized spacial score (nSPS) is 13.5. The highest BCUT2D eigenvalue weighted by Crippen LogP contribution is 2.29. The molecule has 2 unspecified atom stereocenters. The van der Waals surface area contributed by atoms with Crippen molar-refractivity contribution in [2.45, 2.75) is 25.7 Å². The quantitative estimate of drug-likeness (QED) is 0.575. The summed E-state index contributed by atoms with van der Waals surface area (Å²) in [6, 6.07) is 11.3. The van der Waals surface area contributed by atoms with Gasteiger partial charge in [-0.15, -0.1) is 0 Å². The molecule has 0 saturated carbocycles. The van der Waals surface area contributed by atoms with Crippen LogP contribution in [0.15, 0.2) is 48.8 Å². The van der Waals surface area contributed by atoms with E-state index < -0.39 is 0 Å². The lowest BCUT2D eigenvalue weighted by Gasteiger charge is -2.14. The lowest BCUT2D eigenvalue weighted by atomic mass is 9.95. The summed E-state index contributed by atoms with van der Waals surface area (Å²) < 4.78 is 0. The third-order valence-electron chi connectivity index (χ3n) is 4.41. The monoisotopic (exact) mass is 346 g/mol. The molecule has 2 atom stereocenters.